The lowest BCUT2D eigenvalue weighted by atomic mass is 10.2. The minimum Gasteiger partial charge on any atom is -0.494 e. The van der Waals surface area contributed by atoms with Crippen LogP contribution in [-0.4, -0.2) is 47.5 Å². The molecule has 10 nitrogen and oxygen atoms in total. The number of carbonyl (C=O) groups is 3. The van der Waals surface area contributed by atoms with E-state index in [1.807, 2.05) is 6.92 Å². The quantitative estimate of drug-likeness (QED) is 0.370. The molecule has 2 amide bonds. The summed E-state index contributed by atoms with van der Waals surface area (Å²) in [5.74, 6) is -0.168. The summed E-state index contributed by atoms with van der Waals surface area (Å²) >= 11 is 0. The van der Waals surface area contributed by atoms with E-state index in [1.54, 1.807) is 67.0 Å². The first-order valence-corrected chi connectivity index (χ1v) is 10.6. The molecule has 1 heterocycles. The van der Waals surface area contributed by atoms with Crippen LogP contribution in [0.25, 0.3) is 0 Å². The van der Waals surface area contributed by atoms with Crippen LogP contribution in [0.15, 0.2) is 67.0 Å². The third-order valence-corrected chi connectivity index (χ3v) is 4.40. The molecule has 0 unspecified atom stereocenters. The number of hydrogen-bond acceptors (Lipinski definition) is 8. The average Bonchev–Trinajstić information content (AvgIpc) is 2.85. The van der Waals surface area contributed by atoms with Gasteiger partial charge in [0.25, 0.3) is 11.8 Å². The highest BCUT2D eigenvalue weighted by Crippen LogP contribution is 2.17. The normalized spacial score (nSPS) is 10.1. The Labute approximate surface area is 196 Å². The van der Waals surface area contributed by atoms with E-state index in [0.717, 1.165) is 5.75 Å². The van der Waals surface area contributed by atoms with E-state index in [-0.39, 0.29) is 18.9 Å². The summed E-state index contributed by atoms with van der Waals surface area (Å²) in [7, 11) is 0. The smallest absolute Gasteiger partial charge is 0.308 e. The van der Waals surface area contributed by atoms with E-state index in [2.05, 4.69) is 25.9 Å². The van der Waals surface area contributed by atoms with E-state index in [9.17, 15) is 14.4 Å². The summed E-state index contributed by atoms with van der Waals surface area (Å²) in [6.45, 7) is 2.33. The summed E-state index contributed by atoms with van der Waals surface area (Å²) in [6, 6.07) is 15.1. The minimum atomic E-state index is -0.528. The number of carbonyl (C=O) groups excluding carboxylic acids is 3. The average molecular weight is 463 g/mol. The summed E-state index contributed by atoms with van der Waals surface area (Å²) < 4.78 is 10.3. The van der Waals surface area contributed by atoms with E-state index >= 15 is 0 Å². The first-order chi connectivity index (χ1) is 16.5. The van der Waals surface area contributed by atoms with Crippen LogP contribution in [0.1, 0.15) is 23.7 Å². The fraction of sp³-hybridized carbons (Fsp3) is 0.208. The fourth-order valence-corrected chi connectivity index (χ4v) is 2.79. The van der Waals surface area contributed by atoms with Crippen LogP contribution in [0.2, 0.25) is 0 Å². The van der Waals surface area contributed by atoms with E-state index in [0.29, 0.717) is 29.5 Å². The number of amides is 2. The van der Waals surface area contributed by atoms with Crippen LogP contribution in [0.5, 0.6) is 5.75 Å². The van der Waals surface area contributed by atoms with Crippen molar-refractivity contribution >= 4 is 35.1 Å². The monoisotopic (exact) mass is 463 g/mol. The molecular formula is C24H25N5O5. The molecule has 3 rings (SSSR count). The summed E-state index contributed by atoms with van der Waals surface area (Å²) in [5, 5.41) is 8.29. The molecule has 0 fully saturated rings. The predicted molar refractivity (Wildman–Crippen MR) is 127 cm³/mol. The Morgan fingerprint density at radius 1 is 0.882 bits per heavy atom. The molecule has 0 saturated carbocycles. The second-order valence-electron chi connectivity index (χ2n) is 6.95. The molecule has 3 N–H and O–H groups in total. The van der Waals surface area contributed by atoms with Gasteiger partial charge in [-0.25, -0.2) is 9.97 Å². The number of esters is 1. The number of anilines is 3. The molecule has 0 aliphatic rings. The lowest BCUT2D eigenvalue weighted by molar-refractivity contribution is -0.147. The molecule has 0 radical (unpaired) electrons. The molecule has 2 aromatic carbocycles. The van der Waals surface area contributed by atoms with Crippen LogP contribution in [0.4, 0.5) is 17.3 Å². The Balaban J connectivity index is 1.38. The molecule has 10 heteroatoms. The highest BCUT2D eigenvalue weighted by atomic mass is 16.5. The van der Waals surface area contributed by atoms with Crippen molar-refractivity contribution in [2.45, 2.75) is 13.3 Å². The molecule has 0 saturated heterocycles. The lowest BCUT2D eigenvalue weighted by Crippen LogP contribution is -2.22. The number of aromatic nitrogens is 2. The molecule has 176 valence electrons. The Morgan fingerprint density at radius 2 is 1.53 bits per heavy atom. The SMILES string of the molecule is CCOc1ccc(NC(=O)c2ccc(NC(=O)COC(=O)CCNc3ncccn3)cc2)cc1. The van der Waals surface area contributed by atoms with Gasteiger partial charge in [-0.2, -0.15) is 0 Å². The zero-order valence-corrected chi connectivity index (χ0v) is 18.6. The van der Waals surface area contributed by atoms with Crippen LogP contribution in [0, 0.1) is 0 Å². The fourth-order valence-electron chi connectivity index (χ4n) is 2.79. The standard InChI is InChI=1S/C24H25N5O5/c1-2-33-20-10-8-19(9-11-20)29-23(32)17-4-6-18(7-5-17)28-21(30)16-34-22(31)12-15-27-24-25-13-3-14-26-24/h3-11,13-14H,2,12,15-16H2,1H3,(H,28,30)(H,29,32)(H,25,26,27). The van der Waals surface area contributed by atoms with Crippen LogP contribution >= 0.6 is 0 Å². The third-order valence-electron chi connectivity index (χ3n) is 4.40. The zero-order chi connectivity index (χ0) is 24.2. The van der Waals surface area contributed by atoms with Crippen LogP contribution < -0.4 is 20.7 Å². The third kappa shape index (κ3) is 7.90. The highest BCUT2D eigenvalue weighted by Gasteiger charge is 2.10. The predicted octanol–water partition coefficient (Wildman–Crippen LogP) is 3.11. The maximum absolute atomic E-state index is 12.4. The minimum absolute atomic E-state index is 0.0592. The van der Waals surface area contributed by atoms with Crippen molar-refractivity contribution in [3.05, 3.63) is 72.6 Å². The van der Waals surface area contributed by atoms with Gasteiger partial charge in [0.2, 0.25) is 5.95 Å². The maximum Gasteiger partial charge on any atom is 0.308 e. The van der Waals surface area contributed by atoms with Gasteiger partial charge in [-0.15, -0.1) is 0 Å². The molecule has 34 heavy (non-hydrogen) atoms. The molecule has 0 spiro atoms. The van der Waals surface area contributed by atoms with Crippen LogP contribution in [0.3, 0.4) is 0 Å². The van der Waals surface area contributed by atoms with Gasteiger partial charge in [0.15, 0.2) is 6.61 Å². The van der Waals surface area contributed by atoms with Crippen molar-refractivity contribution in [1.82, 2.24) is 9.97 Å². The Morgan fingerprint density at radius 3 is 2.21 bits per heavy atom. The maximum atomic E-state index is 12.4. The van der Waals surface area contributed by atoms with Crippen molar-refractivity contribution in [3.63, 3.8) is 0 Å². The first kappa shape index (κ1) is 24.2. The van der Waals surface area contributed by atoms with Crippen molar-refractivity contribution in [2.24, 2.45) is 0 Å². The Bertz CT molecular complexity index is 1090. The van der Waals surface area contributed by atoms with E-state index < -0.39 is 18.5 Å². The van der Waals surface area contributed by atoms with Gasteiger partial charge in [0, 0.05) is 35.9 Å². The van der Waals surface area contributed by atoms with E-state index in [4.69, 9.17) is 9.47 Å². The molecule has 0 atom stereocenters. The second-order valence-corrected chi connectivity index (χ2v) is 6.95. The number of nitrogens with one attached hydrogen (secondary N) is 3. The van der Waals surface area contributed by atoms with Gasteiger partial charge < -0.3 is 25.4 Å². The van der Waals surface area contributed by atoms with Gasteiger partial charge >= 0.3 is 5.97 Å². The topological polar surface area (TPSA) is 132 Å². The van der Waals surface area contributed by atoms with Gasteiger partial charge in [-0.05, 0) is 61.5 Å². The van der Waals surface area contributed by atoms with Crippen molar-refractivity contribution in [3.8, 4) is 5.75 Å². The molecule has 0 bridgehead atoms. The lowest BCUT2D eigenvalue weighted by Gasteiger charge is -2.09. The molecule has 0 aliphatic carbocycles. The van der Waals surface area contributed by atoms with Crippen molar-refractivity contribution < 1.29 is 23.9 Å². The van der Waals surface area contributed by atoms with Gasteiger partial charge in [-0.1, -0.05) is 0 Å². The molecular weight excluding hydrogens is 438 g/mol. The van der Waals surface area contributed by atoms with Crippen LogP contribution in [-0.2, 0) is 14.3 Å². The van der Waals surface area contributed by atoms with Gasteiger partial charge in [0.05, 0.1) is 13.0 Å². The Hall–Kier alpha value is -4.47. The van der Waals surface area contributed by atoms with E-state index in [1.165, 1.54) is 0 Å². The zero-order valence-electron chi connectivity index (χ0n) is 18.6. The van der Waals surface area contributed by atoms with Gasteiger partial charge in [-0.3, -0.25) is 14.4 Å². The number of hydrogen-bond donors (Lipinski definition) is 3. The van der Waals surface area contributed by atoms with Gasteiger partial charge in [0.1, 0.15) is 5.75 Å². The molecule has 3 aromatic rings. The number of ether oxygens (including phenoxy) is 2. The largest absolute Gasteiger partial charge is 0.494 e. The summed E-state index contributed by atoms with van der Waals surface area (Å²) in [6.07, 6.45) is 3.22. The first-order valence-electron chi connectivity index (χ1n) is 10.6. The highest BCUT2D eigenvalue weighted by molar-refractivity contribution is 6.04. The second kappa shape index (κ2) is 12.5. The summed E-state index contributed by atoms with van der Waals surface area (Å²) in [4.78, 5) is 44.2. The van der Waals surface area contributed by atoms with Crippen molar-refractivity contribution in [1.29, 1.82) is 0 Å². The van der Waals surface area contributed by atoms with Crippen molar-refractivity contribution in [2.75, 3.05) is 35.7 Å². The number of benzene rings is 2. The summed E-state index contributed by atoms with van der Waals surface area (Å²) in [5.41, 5.74) is 1.54. The molecule has 1 aromatic heterocycles. The molecule has 0 aliphatic heterocycles. The number of nitrogens with zero attached hydrogens (tertiary/aromatic N) is 2. The Kier molecular flexibility index (Phi) is 8.92. The number of rotatable bonds is 11.